The largest absolute Gasteiger partial charge is 0.507 e. The number of ketones is 1. The number of ether oxygens (including phenoxy) is 1. The molecule has 2 aliphatic heterocycles. The zero-order valence-corrected chi connectivity index (χ0v) is 18.7. The minimum absolute atomic E-state index is 0.00782. The molecule has 176 valence electrons. The van der Waals surface area contributed by atoms with Crippen LogP contribution >= 0.6 is 0 Å². The highest BCUT2D eigenvalue weighted by atomic mass is 16.6. The molecule has 0 spiro atoms. The lowest BCUT2D eigenvalue weighted by atomic mass is 9.94. The van der Waals surface area contributed by atoms with Crippen LogP contribution in [0.25, 0.3) is 5.76 Å². The van der Waals surface area contributed by atoms with Crippen molar-refractivity contribution in [3.63, 3.8) is 0 Å². The second-order valence-corrected chi connectivity index (χ2v) is 8.59. The molecule has 2 atom stereocenters. The van der Waals surface area contributed by atoms with Crippen molar-refractivity contribution in [1.29, 1.82) is 0 Å². The number of nitrogens with zero attached hydrogens (tertiary/aromatic N) is 3. The van der Waals surface area contributed by atoms with E-state index in [9.17, 15) is 24.8 Å². The van der Waals surface area contributed by atoms with Crippen molar-refractivity contribution in [2.24, 2.45) is 0 Å². The average Bonchev–Trinajstić information content (AvgIpc) is 3.35. The Morgan fingerprint density at radius 3 is 2.54 bits per heavy atom. The fraction of sp³-hybridized carbons (Fsp3) is 0.192. The molecule has 1 aromatic heterocycles. The Bertz CT molecular complexity index is 1370. The van der Waals surface area contributed by atoms with Crippen molar-refractivity contribution in [2.75, 3.05) is 0 Å². The van der Waals surface area contributed by atoms with E-state index >= 15 is 0 Å². The summed E-state index contributed by atoms with van der Waals surface area (Å²) >= 11 is 0. The fourth-order valence-corrected chi connectivity index (χ4v) is 4.58. The third-order valence-corrected chi connectivity index (χ3v) is 6.23. The zero-order chi connectivity index (χ0) is 24.7. The molecule has 3 aromatic rings. The number of non-ortho nitro benzene ring substituents is 1. The molecule has 0 bridgehead atoms. The van der Waals surface area contributed by atoms with Gasteiger partial charge in [-0.1, -0.05) is 0 Å². The van der Waals surface area contributed by atoms with Gasteiger partial charge in [0.1, 0.15) is 17.6 Å². The number of likely N-dealkylation sites (tertiary alicyclic amines) is 1. The van der Waals surface area contributed by atoms with Crippen LogP contribution in [-0.2, 0) is 22.6 Å². The number of aliphatic hydroxyl groups excluding tert-OH is 1. The van der Waals surface area contributed by atoms with E-state index in [1.807, 2.05) is 6.92 Å². The molecule has 3 heterocycles. The Morgan fingerprint density at radius 1 is 1.14 bits per heavy atom. The molecule has 9 nitrogen and oxygen atoms in total. The first-order chi connectivity index (χ1) is 16.8. The molecule has 1 N–H and O–H groups in total. The van der Waals surface area contributed by atoms with Crippen LogP contribution in [0.5, 0.6) is 5.75 Å². The van der Waals surface area contributed by atoms with Crippen LogP contribution in [0.4, 0.5) is 5.69 Å². The van der Waals surface area contributed by atoms with Gasteiger partial charge >= 0.3 is 0 Å². The summed E-state index contributed by atoms with van der Waals surface area (Å²) in [6.07, 6.45) is 3.84. The van der Waals surface area contributed by atoms with Gasteiger partial charge in [0.2, 0.25) is 0 Å². The van der Waals surface area contributed by atoms with Gasteiger partial charge in [-0.25, -0.2) is 0 Å². The van der Waals surface area contributed by atoms with Gasteiger partial charge in [-0.05, 0) is 66.1 Å². The third-order valence-electron chi connectivity index (χ3n) is 6.23. The number of rotatable bonds is 5. The molecule has 0 saturated carbocycles. The van der Waals surface area contributed by atoms with E-state index in [1.165, 1.54) is 29.2 Å². The maximum Gasteiger partial charge on any atom is 0.295 e. The molecule has 2 aromatic carbocycles. The summed E-state index contributed by atoms with van der Waals surface area (Å²) in [5, 5.41) is 22.4. The van der Waals surface area contributed by atoms with Gasteiger partial charge in [-0.15, -0.1) is 0 Å². The number of aliphatic hydroxyl groups is 1. The van der Waals surface area contributed by atoms with E-state index in [2.05, 4.69) is 4.98 Å². The second-order valence-electron chi connectivity index (χ2n) is 8.59. The number of carbonyl (C=O) groups excluding carboxylic acids is 2. The van der Waals surface area contributed by atoms with Crippen LogP contribution in [0.3, 0.4) is 0 Å². The normalized spacial score (nSPS) is 20.5. The molecule has 1 fully saturated rings. The number of carbonyl (C=O) groups is 2. The molecule has 2 unspecified atom stereocenters. The lowest BCUT2D eigenvalue weighted by Gasteiger charge is -2.25. The number of fused-ring (bicyclic) bond motifs is 1. The monoisotopic (exact) mass is 471 g/mol. The van der Waals surface area contributed by atoms with Gasteiger partial charge in [0.05, 0.1) is 16.5 Å². The highest BCUT2D eigenvalue weighted by Gasteiger charge is 2.46. The Morgan fingerprint density at radius 2 is 1.86 bits per heavy atom. The van der Waals surface area contributed by atoms with Gasteiger partial charge in [0.15, 0.2) is 0 Å². The van der Waals surface area contributed by atoms with Gasteiger partial charge in [-0.2, -0.15) is 0 Å². The van der Waals surface area contributed by atoms with Gasteiger partial charge < -0.3 is 14.7 Å². The highest BCUT2D eigenvalue weighted by Crippen LogP contribution is 2.41. The minimum atomic E-state index is -0.924. The van der Waals surface area contributed by atoms with E-state index in [4.69, 9.17) is 4.74 Å². The number of hydrogen-bond donors (Lipinski definition) is 1. The Kier molecular flexibility index (Phi) is 5.52. The number of benzene rings is 2. The smallest absolute Gasteiger partial charge is 0.295 e. The topological polar surface area (TPSA) is 123 Å². The van der Waals surface area contributed by atoms with Crippen molar-refractivity contribution < 1.29 is 24.4 Å². The number of hydrogen-bond acceptors (Lipinski definition) is 7. The summed E-state index contributed by atoms with van der Waals surface area (Å²) in [4.78, 5) is 42.3. The molecular weight excluding hydrogens is 450 g/mol. The molecule has 35 heavy (non-hydrogen) atoms. The number of nitro benzene ring substituents is 1. The first-order valence-electron chi connectivity index (χ1n) is 11.0. The van der Waals surface area contributed by atoms with Crippen LogP contribution < -0.4 is 4.74 Å². The number of pyridine rings is 1. The summed E-state index contributed by atoms with van der Waals surface area (Å²) in [5.41, 5.74) is 2.34. The lowest BCUT2D eigenvalue weighted by molar-refractivity contribution is -0.384. The van der Waals surface area contributed by atoms with Crippen LogP contribution in [-0.4, -0.2) is 37.7 Å². The predicted molar refractivity (Wildman–Crippen MR) is 125 cm³/mol. The Balaban J connectivity index is 1.63. The number of aromatic nitrogens is 1. The molecule has 1 saturated heterocycles. The van der Waals surface area contributed by atoms with Gasteiger partial charge in [0, 0.05) is 43.1 Å². The number of amides is 1. The van der Waals surface area contributed by atoms with Crippen molar-refractivity contribution in [2.45, 2.75) is 32.0 Å². The molecule has 1 amide bonds. The molecule has 2 aliphatic rings. The third kappa shape index (κ3) is 4.01. The van der Waals surface area contributed by atoms with Crippen LogP contribution in [0.1, 0.15) is 35.2 Å². The second kappa shape index (κ2) is 8.68. The van der Waals surface area contributed by atoms with E-state index in [1.54, 1.807) is 42.7 Å². The van der Waals surface area contributed by atoms with E-state index in [0.29, 0.717) is 17.5 Å². The first kappa shape index (κ1) is 22.3. The summed E-state index contributed by atoms with van der Waals surface area (Å²) in [6.45, 7) is 2.04. The maximum atomic E-state index is 13.2. The number of nitro groups is 1. The van der Waals surface area contributed by atoms with Gasteiger partial charge in [0.25, 0.3) is 17.4 Å². The maximum absolute atomic E-state index is 13.2. The molecule has 0 aliphatic carbocycles. The predicted octanol–water partition coefficient (Wildman–Crippen LogP) is 3.94. The fourth-order valence-electron chi connectivity index (χ4n) is 4.58. The van der Waals surface area contributed by atoms with Crippen molar-refractivity contribution >= 4 is 23.1 Å². The van der Waals surface area contributed by atoms with Crippen molar-refractivity contribution in [3.8, 4) is 5.75 Å². The molecule has 9 heteroatoms. The Labute approximate surface area is 200 Å². The quantitative estimate of drug-likeness (QED) is 0.197. The van der Waals surface area contributed by atoms with Crippen LogP contribution in [0.2, 0.25) is 0 Å². The van der Waals surface area contributed by atoms with E-state index in [0.717, 1.165) is 16.9 Å². The molecule has 5 rings (SSSR count). The molecular formula is C26H21N3O6. The van der Waals surface area contributed by atoms with E-state index in [-0.39, 0.29) is 29.7 Å². The highest BCUT2D eigenvalue weighted by molar-refractivity contribution is 6.46. The SMILES string of the molecule is CC1Cc2cc(/C(O)=C3\C(=O)C(=O)N(Cc4ccncc4)C3c3ccc([N+](=O)[O-])cc3)ccc2O1. The summed E-state index contributed by atoms with van der Waals surface area (Å²) < 4.78 is 5.72. The van der Waals surface area contributed by atoms with E-state index < -0.39 is 22.7 Å². The Hall–Kier alpha value is -4.53. The van der Waals surface area contributed by atoms with Crippen LogP contribution in [0.15, 0.2) is 72.6 Å². The van der Waals surface area contributed by atoms with Crippen LogP contribution in [0, 0.1) is 10.1 Å². The number of Topliss-reactive ketones (excluding diaryl/α,β-unsaturated/α-hetero) is 1. The first-order valence-corrected chi connectivity index (χ1v) is 11.0. The van der Waals surface area contributed by atoms with Crippen molar-refractivity contribution in [1.82, 2.24) is 9.88 Å². The summed E-state index contributed by atoms with van der Waals surface area (Å²) in [7, 11) is 0. The van der Waals surface area contributed by atoms with Crippen molar-refractivity contribution in [3.05, 3.63) is 105 Å². The summed E-state index contributed by atoms with van der Waals surface area (Å²) in [5.74, 6) is -1.15. The average molecular weight is 471 g/mol. The standard InChI is InChI=1S/C26H21N3O6/c1-15-12-19-13-18(4-7-21(19)35-15)24(30)22-23(17-2-5-20(6-3-17)29(33)34)28(26(32)25(22)31)14-16-8-10-27-11-9-16/h2-11,13,15,23,30H,12,14H2,1H3/b24-22+. The zero-order valence-electron chi connectivity index (χ0n) is 18.7. The molecule has 0 radical (unpaired) electrons. The van der Waals surface area contributed by atoms with Gasteiger partial charge in [-0.3, -0.25) is 24.7 Å². The lowest BCUT2D eigenvalue weighted by Crippen LogP contribution is -2.29. The summed E-state index contributed by atoms with van der Waals surface area (Å²) in [6, 6.07) is 13.3. The minimum Gasteiger partial charge on any atom is -0.507 e.